The summed E-state index contributed by atoms with van der Waals surface area (Å²) in [4.78, 5) is 8.64. The highest BCUT2D eigenvalue weighted by atomic mass is 35.5. The zero-order valence-corrected chi connectivity index (χ0v) is 12.9. The van der Waals surface area contributed by atoms with E-state index >= 15 is 0 Å². The highest BCUT2D eigenvalue weighted by Crippen LogP contribution is 2.23. The summed E-state index contributed by atoms with van der Waals surface area (Å²) in [5.74, 6) is 1.32. The molecule has 1 aromatic heterocycles. The minimum absolute atomic E-state index is 0.407. The number of nitrogens with zero attached hydrogens (tertiary/aromatic N) is 2. The molecule has 0 aliphatic heterocycles. The minimum atomic E-state index is 0.407. The van der Waals surface area contributed by atoms with Crippen molar-refractivity contribution in [2.45, 2.75) is 6.42 Å². The van der Waals surface area contributed by atoms with Crippen LogP contribution < -0.4 is 10.1 Å². The monoisotopic (exact) mass is 307 g/mol. The molecule has 0 bridgehead atoms. The van der Waals surface area contributed by atoms with Gasteiger partial charge in [-0.25, -0.2) is 9.97 Å². The molecule has 0 aliphatic carbocycles. The molecule has 0 saturated heterocycles. The number of methoxy groups -OCH3 is 2. The van der Waals surface area contributed by atoms with E-state index in [1.54, 1.807) is 20.3 Å². The van der Waals surface area contributed by atoms with E-state index in [0.717, 1.165) is 30.0 Å². The van der Waals surface area contributed by atoms with Crippen molar-refractivity contribution in [1.82, 2.24) is 9.97 Å². The number of nitrogens with one attached hydrogen (secondary N) is 1. The third kappa shape index (κ3) is 4.58. The number of ether oxygens (including phenoxy) is 2. The molecular weight excluding hydrogens is 290 g/mol. The first-order valence-corrected chi connectivity index (χ1v) is 7.02. The molecule has 2 aromatic rings. The van der Waals surface area contributed by atoms with Crippen molar-refractivity contribution in [3.63, 3.8) is 0 Å². The Labute approximate surface area is 129 Å². The van der Waals surface area contributed by atoms with Crippen molar-refractivity contribution >= 4 is 17.5 Å². The number of rotatable bonds is 7. The Balaban J connectivity index is 2.13. The molecule has 21 heavy (non-hydrogen) atoms. The Morgan fingerprint density at radius 2 is 1.90 bits per heavy atom. The molecule has 0 amide bonds. The maximum atomic E-state index is 6.06. The first kappa shape index (κ1) is 15.5. The fraction of sp³-hybridized carbons (Fsp3) is 0.333. The molecule has 0 atom stereocenters. The van der Waals surface area contributed by atoms with Gasteiger partial charge >= 0.3 is 0 Å². The van der Waals surface area contributed by atoms with E-state index in [2.05, 4.69) is 15.3 Å². The first-order chi connectivity index (χ1) is 10.2. The molecule has 0 aliphatic rings. The van der Waals surface area contributed by atoms with E-state index in [9.17, 15) is 0 Å². The average molecular weight is 308 g/mol. The van der Waals surface area contributed by atoms with Crippen molar-refractivity contribution in [1.29, 1.82) is 0 Å². The van der Waals surface area contributed by atoms with Gasteiger partial charge in [-0.1, -0.05) is 11.6 Å². The lowest BCUT2D eigenvalue weighted by atomic mass is 10.1. The van der Waals surface area contributed by atoms with Crippen molar-refractivity contribution in [3.05, 3.63) is 35.5 Å². The zero-order valence-electron chi connectivity index (χ0n) is 12.1. The van der Waals surface area contributed by atoms with Crippen LogP contribution in [0.25, 0.3) is 11.3 Å². The number of hydrogen-bond acceptors (Lipinski definition) is 5. The second kappa shape index (κ2) is 7.81. The SMILES string of the molecule is COCCCNc1nc(Cl)cc(-c2ccc(OC)cc2)n1. The van der Waals surface area contributed by atoms with Gasteiger partial charge in [0.2, 0.25) is 5.95 Å². The van der Waals surface area contributed by atoms with Crippen LogP contribution in [-0.4, -0.2) is 37.3 Å². The third-order valence-corrected chi connectivity index (χ3v) is 3.08. The molecule has 5 nitrogen and oxygen atoms in total. The Bertz CT molecular complexity index is 576. The standard InChI is InChI=1S/C15H18ClN3O2/c1-20-9-3-8-17-15-18-13(10-14(16)19-15)11-4-6-12(21-2)7-5-11/h4-7,10H,3,8-9H2,1-2H3,(H,17,18,19). The molecule has 6 heteroatoms. The molecule has 1 aromatic carbocycles. The Hall–Kier alpha value is -1.85. The molecule has 1 N–H and O–H groups in total. The Morgan fingerprint density at radius 3 is 2.57 bits per heavy atom. The van der Waals surface area contributed by atoms with Crippen LogP contribution in [0.1, 0.15) is 6.42 Å². The van der Waals surface area contributed by atoms with E-state index in [1.807, 2.05) is 24.3 Å². The largest absolute Gasteiger partial charge is 0.497 e. The molecule has 0 saturated carbocycles. The maximum absolute atomic E-state index is 6.06. The lowest BCUT2D eigenvalue weighted by molar-refractivity contribution is 0.197. The predicted molar refractivity (Wildman–Crippen MR) is 84.0 cm³/mol. The lowest BCUT2D eigenvalue weighted by Gasteiger charge is -2.08. The van der Waals surface area contributed by atoms with Crippen LogP contribution in [0.5, 0.6) is 5.75 Å². The second-order valence-corrected chi connectivity index (χ2v) is 4.79. The lowest BCUT2D eigenvalue weighted by Crippen LogP contribution is -2.08. The average Bonchev–Trinajstić information content (AvgIpc) is 2.51. The van der Waals surface area contributed by atoms with Crippen molar-refractivity contribution in [2.75, 3.05) is 32.7 Å². The highest BCUT2D eigenvalue weighted by molar-refractivity contribution is 6.29. The van der Waals surface area contributed by atoms with Crippen LogP contribution in [0.15, 0.2) is 30.3 Å². The topological polar surface area (TPSA) is 56.3 Å². The van der Waals surface area contributed by atoms with Gasteiger partial charge < -0.3 is 14.8 Å². The van der Waals surface area contributed by atoms with Crippen molar-refractivity contribution in [3.8, 4) is 17.0 Å². The smallest absolute Gasteiger partial charge is 0.224 e. The highest BCUT2D eigenvalue weighted by Gasteiger charge is 2.06. The fourth-order valence-electron chi connectivity index (χ4n) is 1.82. The number of halogens is 1. The van der Waals surface area contributed by atoms with Crippen LogP contribution in [0.3, 0.4) is 0 Å². The summed E-state index contributed by atoms with van der Waals surface area (Å²) in [6.07, 6.45) is 0.879. The minimum Gasteiger partial charge on any atom is -0.497 e. The first-order valence-electron chi connectivity index (χ1n) is 6.64. The molecule has 0 radical (unpaired) electrons. The summed E-state index contributed by atoms with van der Waals surface area (Å²) in [6.45, 7) is 1.43. The summed E-state index contributed by atoms with van der Waals surface area (Å²) in [5.41, 5.74) is 1.73. The molecule has 112 valence electrons. The molecular formula is C15H18ClN3O2. The molecule has 1 heterocycles. The van der Waals surface area contributed by atoms with Gasteiger partial charge in [-0.3, -0.25) is 0 Å². The van der Waals surface area contributed by atoms with Crippen LogP contribution in [-0.2, 0) is 4.74 Å². The summed E-state index contributed by atoms with van der Waals surface area (Å²) in [5, 5.41) is 3.55. The second-order valence-electron chi connectivity index (χ2n) is 4.40. The van der Waals surface area contributed by atoms with Crippen molar-refractivity contribution in [2.24, 2.45) is 0 Å². The molecule has 0 unspecified atom stereocenters. The van der Waals surface area contributed by atoms with E-state index in [-0.39, 0.29) is 0 Å². The quantitative estimate of drug-likeness (QED) is 0.628. The molecule has 0 spiro atoms. The van der Waals surface area contributed by atoms with E-state index < -0.39 is 0 Å². The maximum Gasteiger partial charge on any atom is 0.224 e. The van der Waals surface area contributed by atoms with E-state index in [4.69, 9.17) is 21.1 Å². The van der Waals surface area contributed by atoms with Gasteiger partial charge in [-0.15, -0.1) is 0 Å². The normalized spacial score (nSPS) is 10.4. The van der Waals surface area contributed by atoms with Gasteiger partial charge in [-0.2, -0.15) is 0 Å². The fourth-order valence-corrected chi connectivity index (χ4v) is 2.01. The number of anilines is 1. The molecule has 0 fully saturated rings. The van der Waals surface area contributed by atoms with E-state index in [0.29, 0.717) is 17.7 Å². The van der Waals surface area contributed by atoms with E-state index in [1.165, 1.54) is 0 Å². The van der Waals surface area contributed by atoms with Crippen LogP contribution >= 0.6 is 11.6 Å². The van der Waals surface area contributed by atoms with Crippen LogP contribution in [0.4, 0.5) is 5.95 Å². The van der Waals surface area contributed by atoms with Gasteiger partial charge in [-0.05, 0) is 30.7 Å². The Morgan fingerprint density at radius 1 is 1.14 bits per heavy atom. The summed E-state index contributed by atoms with van der Waals surface area (Å²) < 4.78 is 10.1. The Kier molecular flexibility index (Phi) is 5.78. The summed E-state index contributed by atoms with van der Waals surface area (Å²) >= 11 is 6.06. The molecule has 2 rings (SSSR count). The van der Waals surface area contributed by atoms with Crippen LogP contribution in [0, 0.1) is 0 Å². The van der Waals surface area contributed by atoms with Gasteiger partial charge in [0.25, 0.3) is 0 Å². The summed E-state index contributed by atoms with van der Waals surface area (Å²) in [6, 6.07) is 9.39. The zero-order chi connectivity index (χ0) is 15.1. The third-order valence-electron chi connectivity index (χ3n) is 2.89. The number of hydrogen-bond donors (Lipinski definition) is 1. The van der Waals surface area contributed by atoms with Gasteiger partial charge in [0.05, 0.1) is 12.8 Å². The number of aromatic nitrogens is 2. The predicted octanol–water partition coefficient (Wildman–Crippen LogP) is 3.25. The van der Waals surface area contributed by atoms with Crippen molar-refractivity contribution < 1.29 is 9.47 Å². The van der Waals surface area contributed by atoms with Crippen LogP contribution in [0.2, 0.25) is 5.15 Å². The van der Waals surface area contributed by atoms with Gasteiger partial charge in [0.1, 0.15) is 10.9 Å². The number of benzene rings is 1. The van der Waals surface area contributed by atoms with Gasteiger partial charge in [0.15, 0.2) is 0 Å². The summed E-state index contributed by atoms with van der Waals surface area (Å²) in [7, 11) is 3.32. The van der Waals surface area contributed by atoms with Gasteiger partial charge in [0, 0.05) is 31.9 Å².